The van der Waals surface area contributed by atoms with Gasteiger partial charge >= 0.3 is 0 Å². The number of rotatable bonds is 8. The molecule has 3 aromatic rings. The molecule has 0 aromatic heterocycles. The normalized spacial score (nSPS) is 12.1. The highest BCUT2D eigenvalue weighted by atomic mass is 35.5. The molecule has 6 nitrogen and oxygen atoms in total. The van der Waals surface area contributed by atoms with Gasteiger partial charge < -0.3 is 10.1 Å². The van der Waals surface area contributed by atoms with Gasteiger partial charge in [-0.15, -0.1) is 0 Å². The summed E-state index contributed by atoms with van der Waals surface area (Å²) < 4.78 is 33.4. The molecule has 3 aromatic carbocycles. The van der Waals surface area contributed by atoms with Crippen molar-refractivity contribution in [2.24, 2.45) is 0 Å². The smallest absolute Gasteiger partial charge is 0.265 e. The lowest BCUT2D eigenvalue weighted by atomic mass is 10.2. The Morgan fingerprint density at radius 2 is 1.69 bits per heavy atom. The predicted molar refractivity (Wildman–Crippen MR) is 129 cm³/mol. The molecule has 0 saturated carbocycles. The SMILES string of the molecule is CC[C@@H](Oc1cccc(Cl)c1)C(=O)Nc1ccc(S(=O)(=O)Nc2cccc(Cl)c2Cl)cc1. The van der Waals surface area contributed by atoms with Gasteiger partial charge in [-0.25, -0.2) is 8.42 Å². The van der Waals surface area contributed by atoms with Crippen LogP contribution in [0.25, 0.3) is 0 Å². The Kier molecular flexibility index (Phi) is 7.90. The van der Waals surface area contributed by atoms with Gasteiger partial charge in [0, 0.05) is 10.7 Å². The number of ether oxygens (including phenoxy) is 1. The lowest BCUT2D eigenvalue weighted by molar-refractivity contribution is -0.122. The van der Waals surface area contributed by atoms with Crippen LogP contribution in [-0.4, -0.2) is 20.4 Å². The van der Waals surface area contributed by atoms with Crippen LogP contribution < -0.4 is 14.8 Å². The van der Waals surface area contributed by atoms with Crippen molar-refractivity contribution >= 4 is 62.1 Å². The van der Waals surface area contributed by atoms with E-state index in [1.54, 1.807) is 36.4 Å². The highest BCUT2D eigenvalue weighted by molar-refractivity contribution is 7.92. The van der Waals surface area contributed by atoms with E-state index in [0.29, 0.717) is 22.9 Å². The molecule has 10 heteroatoms. The summed E-state index contributed by atoms with van der Waals surface area (Å²) in [6.45, 7) is 1.82. The number of benzene rings is 3. The van der Waals surface area contributed by atoms with E-state index in [0.717, 1.165) is 0 Å². The number of hydrogen-bond acceptors (Lipinski definition) is 4. The Balaban J connectivity index is 1.69. The van der Waals surface area contributed by atoms with Crippen molar-refractivity contribution in [3.63, 3.8) is 0 Å². The molecule has 2 N–H and O–H groups in total. The highest BCUT2D eigenvalue weighted by Gasteiger charge is 2.20. The number of carbonyl (C=O) groups is 1. The molecule has 0 saturated heterocycles. The monoisotopic (exact) mass is 512 g/mol. The molecule has 0 aliphatic rings. The van der Waals surface area contributed by atoms with Crippen LogP contribution in [0.15, 0.2) is 71.6 Å². The summed E-state index contributed by atoms with van der Waals surface area (Å²) in [6.07, 6.45) is -0.321. The summed E-state index contributed by atoms with van der Waals surface area (Å²) in [5.41, 5.74) is 0.586. The molecule has 0 fully saturated rings. The summed E-state index contributed by atoms with van der Waals surface area (Å²) in [7, 11) is -3.91. The molecular weight excluding hydrogens is 495 g/mol. The van der Waals surface area contributed by atoms with Crippen LogP contribution in [-0.2, 0) is 14.8 Å². The van der Waals surface area contributed by atoms with Crippen LogP contribution in [0, 0.1) is 0 Å². The molecule has 0 heterocycles. The van der Waals surface area contributed by atoms with Gasteiger partial charge in [0.15, 0.2) is 6.10 Å². The first-order valence-corrected chi connectivity index (χ1v) is 12.1. The molecule has 0 radical (unpaired) electrons. The molecule has 0 spiro atoms. The van der Waals surface area contributed by atoms with Gasteiger partial charge in [-0.2, -0.15) is 0 Å². The van der Waals surface area contributed by atoms with E-state index in [9.17, 15) is 13.2 Å². The second-order valence-corrected chi connectivity index (χ2v) is 9.60. The Morgan fingerprint density at radius 3 is 2.34 bits per heavy atom. The lowest BCUT2D eigenvalue weighted by Crippen LogP contribution is -2.32. The third-order valence-electron chi connectivity index (χ3n) is 4.37. The Hall–Kier alpha value is -2.45. The van der Waals surface area contributed by atoms with Crippen molar-refractivity contribution in [3.8, 4) is 5.75 Å². The zero-order chi connectivity index (χ0) is 23.3. The van der Waals surface area contributed by atoms with Crippen LogP contribution in [0.5, 0.6) is 5.75 Å². The maximum Gasteiger partial charge on any atom is 0.265 e. The summed E-state index contributed by atoms with van der Waals surface area (Å²) >= 11 is 17.9. The molecule has 1 atom stereocenters. The van der Waals surface area contributed by atoms with Crippen molar-refractivity contribution in [1.29, 1.82) is 0 Å². The summed E-state index contributed by atoms with van der Waals surface area (Å²) in [5.74, 6) is 0.110. The van der Waals surface area contributed by atoms with E-state index in [1.807, 2.05) is 6.92 Å². The molecule has 0 aliphatic carbocycles. The fourth-order valence-electron chi connectivity index (χ4n) is 2.75. The second kappa shape index (κ2) is 10.4. The Bertz CT molecular complexity index is 1220. The maximum atomic E-state index is 12.7. The van der Waals surface area contributed by atoms with Crippen LogP contribution >= 0.6 is 34.8 Å². The predicted octanol–water partition coefficient (Wildman–Crippen LogP) is 6.24. The quantitative estimate of drug-likeness (QED) is 0.373. The van der Waals surface area contributed by atoms with Gasteiger partial charge in [0.05, 0.1) is 20.6 Å². The van der Waals surface area contributed by atoms with E-state index >= 15 is 0 Å². The van der Waals surface area contributed by atoms with Crippen molar-refractivity contribution in [1.82, 2.24) is 0 Å². The molecular formula is C22H19Cl3N2O4S. The molecule has 32 heavy (non-hydrogen) atoms. The molecule has 0 aliphatic heterocycles. The number of carbonyl (C=O) groups excluding carboxylic acids is 1. The zero-order valence-electron chi connectivity index (χ0n) is 16.8. The number of hydrogen-bond donors (Lipinski definition) is 2. The lowest BCUT2D eigenvalue weighted by Gasteiger charge is -2.17. The second-order valence-electron chi connectivity index (χ2n) is 6.69. The molecule has 0 unspecified atom stereocenters. The van der Waals surface area contributed by atoms with Crippen molar-refractivity contribution in [3.05, 3.63) is 81.8 Å². The molecule has 168 valence electrons. The van der Waals surface area contributed by atoms with E-state index in [1.165, 1.54) is 30.3 Å². The number of anilines is 2. The van der Waals surface area contributed by atoms with Gasteiger partial charge in [-0.05, 0) is 61.0 Å². The number of nitrogens with one attached hydrogen (secondary N) is 2. The molecule has 0 bridgehead atoms. The first kappa shape index (κ1) is 24.2. The van der Waals surface area contributed by atoms with E-state index in [4.69, 9.17) is 39.5 Å². The average Bonchev–Trinajstić information content (AvgIpc) is 2.75. The number of amides is 1. The first-order valence-electron chi connectivity index (χ1n) is 9.49. The van der Waals surface area contributed by atoms with Gasteiger partial charge in [-0.3, -0.25) is 9.52 Å². The largest absolute Gasteiger partial charge is 0.481 e. The summed E-state index contributed by atoms with van der Waals surface area (Å²) in [6, 6.07) is 17.1. The maximum absolute atomic E-state index is 12.7. The van der Waals surface area contributed by atoms with Crippen LogP contribution in [0.1, 0.15) is 13.3 Å². The van der Waals surface area contributed by atoms with E-state index in [-0.39, 0.29) is 26.5 Å². The zero-order valence-corrected chi connectivity index (χ0v) is 19.9. The number of halogens is 3. The van der Waals surface area contributed by atoms with E-state index < -0.39 is 16.1 Å². The standard InChI is InChI=1S/C22H19Cl3N2O4S/c1-2-20(31-16-6-3-5-14(23)13-16)22(28)26-15-9-11-17(12-10-15)32(29,30)27-19-8-4-7-18(24)21(19)25/h3-13,20,27H,2H2,1H3,(H,26,28)/t20-/m1/s1. The van der Waals surface area contributed by atoms with Crippen molar-refractivity contribution in [2.75, 3.05) is 10.0 Å². The highest BCUT2D eigenvalue weighted by Crippen LogP contribution is 2.31. The third-order valence-corrected chi connectivity index (χ3v) is 6.80. The fraction of sp³-hybridized carbons (Fsp3) is 0.136. The van der Waals surface area contributed by atoms with E-state index in [2.05, 4.69) is 10.0 Å². The summed E-state index contributed by atoms with van der Waals surface area (Å²) in [5, 5.41) is 3.56. The van der Waals surface area contributed by atoms with Crippen LogP contribution in [0.2, 0.25) is 15.1 Å². The Labute approximate surface area is 201 Å². The van der Waals surface area contributed by atoms with Crippen molar-refractivity contribution in [2.45, 2.75) is 24.3 Å². The minimum Gasteiger partial charge on any atom is -0.481 e. The Morgan fingerprint density at radius 1 is 1.00 bits per heavy atom. The molecule has 1 amide bonds. The van der Waals surface area contributed by atoms with Crippen LogP contribution in [0.4, 0.5) is 11.4 Å². The summed E-state index contributed by atoms with van der Waals surface area (Å²) in [4.78, 5) is 12.6. The molecule has 3 rings (SSSR count). The van der Waals surface area contributed by atoms with Gasteiger partial charge in [0.25, 0.3) is 15.9 Å². The van der Waals surface area contributed by atoms with Gasteiger partial charge in [-0.1, -0.05) is 53.9 Å². The third kappa shape index (κ3) is 6.07. The van der Waals surface area contributed by atoms with Gasteiger partial charge in [0.1, 0.15) is 5.75 Å². The number of sulfonamides is 1. The van der Waals surface area contributed by atoms with Crippen molar-refractivity contribution < 1.29 is 17.9 Å². The first-order chi connectivity index (χ1) is 15.2. The topological polar surface area (TPSA) is 84.5 Å². The fourth-order valence-corrected chi connectivity index (χ4v) is 4.41. The van der Waals surface area contributed by atoms with Crippen LogP contribution in [0.3, 0.4) is 0 Å². The van der Waals surface area contributed by atoms with Gasteiger partial charge in [0.2, 0.25) is 0 Å². The minimum atomic E-state index is -3.91. The average molecular weight is 514 g/mol. The minimum absolute atomic E-state index is 0.00578.